The van der Waals surface area contributed by atoms with Crippen LogP contribution in [0.4, 0.5) is 0 Å². The Morgan fingerprint density at radius 1 is 1.18 bits per heavy atom. The van der Waals surface area contributed by atoms with Crippen molar-refractivity contribution in [1.82, 2.24) is 0 Å². The molecule has 118 valence electrons. The van der Waals surface area contributed by atoms with Gasteiger partial charge in [0.05, 0.1) is 6.10 Å². The van der Waals surface area contributed by atoms with Crippen molar-refractivity contribution in [1.29, 1.82) is 0 Å². The molecule has 0 aromatic rings. The van der Waals surface area contributed by atoms with Gasteiger partial charge in [0.2, 0.25) is 0 Å². The van der Waals surface area contributed by atoms with E-state index in [2.05, 4.69) is 24.3 Å². The minimum atomic E-state index is -0.249. The summed E-state index contributed by atoms with van der Waals surface area (Å²) in [6, 6.07) is 0. The topological polar surface area (TPSA) is 20.2 Å². The van der Waals surface area contributed by atoms with Gasteiger partial charge >= 0.3 is 0 Å². The monoisotopic (exact) mass is 296 g/mol. The Morgan fingerprint density at radius 2 is 2.00 bits per heavy atom. The lowest BCUT2D eigenvalue weighted by Crippen LogP contribution is -2.46. The van der Waals surface area contributed by atoms with Crippen LogP contribution in [0.3, 0.4) is 0 Å². The summed E-state index contributed by atoms with van der Waals surface area (Å²) in [6.07, 6.45) is 21.0. The molecule has 1 N–H and O–H groups in total. The van der Waals surface area contributed by atoms with Gasteiger partial charge in [-0.25, -0.2) is 0 Å². The quantitative estimate of drug-likeness (QED) is 0.725. The van der Waals surface area contributed by atoms with Crippen LogP contribution in [-0.2, 0) is 0 Å². The van der Waals surface area contributed by atoms with Crippen molar-refractivity contribution in [2.24, 2.45) is 29.6 Å². The predicted molar refractivity (Wildman–Crippen MR) is 91.3 cm³/mol. The Kier molecular flexibility index (Phi) is 3.86. The van der Waals surface area contributed by atoms with E-state index in [9.17, 15) is 5.11 Å². The average Bonchev–Trinajstić information content (AvgIpc) is 3.03. The number of hydrogen-bond donors (Lipinski definition) is 1. The molecule has 2 fully saturated rings. The number of allylic oxidation sites excluding steroid dienone is 7. The highest BCUT2D eigenvalue weighted by Crippen LogP contribution is 2.56. The molecule has 1 nitrogen and oxygen atoms in total. The third-order valence-corrected chi connectivity index (χ3v) is 6.74. The third kappa shape index (κ3) is 2.25. The van der Waals surface area contributed by atoms with E-state index in [4.69, 9.17) is 0 Å². The van der Waals surface area contributed by atoms with Gasteiger partial charge in [-0.15, -0.1) is 0 Å². The van der Waals surface area contributed by atoms with Crippen molar-refractivity contribution in [2.45, 2.75) is 51.6 Å². The summed E-state index contributed by atoms with van der Waals surface area (Å²) in [5.74, 6) is 3.54. The predicted octanol–water partition coefficient (Wildman–Crippen LogP) is 4.81. The Balaban J connectivity index is 1.67. The molecule has 0 heterocycles. The zero-order valence-corrected chi connectivity index (χ0v) is 13.6. The minimum Gasteiger partial charge on any atom is -0.389 e. The van der Waals surface area contributed by atoms with Crippen molar-refractivity contribution in [2.75, 3.05) is 0 Å². The smallest absolute Gasteiger partial charge is 0.0751 e. The van der Waals surface area contributed by atoms with Crippen LogP contribution in [0.2, 0.25) is 0 Å². The molecule has 0 saturated heterocycles. The van der Waals surface area contributed by atoms with Gasteiger partial charge in [0, 0.05) is 0 Å². The summed E-state index contributed by atoms with van der Waals surface area (Å²) in [6.45, 7) is 2.03. The molecule has 0 bridgehead atoms. The van der Waals surface area contributed by atoms with E-state index in [1.54, 1.807) is 5.57 Å². The fourth-order valence-corrected chi connectivity index (χ4v) is 5.86. The first kappa shape index (κ1) is 14.5. The molecule has 4 rings (SSSR count). The van der Waals surface area contributed by atoms with E-state index in [1.807, 2.05) is 19.1 Å². The maximum Gasteiger partial charge on any atom is 0.0751 e. The highest BCUT2D eigenvalue weighted by Gasteiger charge is 2.48. The molecule has 0 aromatic carbocycles. The van der Waals surface area contributed by atoms with Crippen LogP contribution < -0.4 is 0 Å². The first-order valence-electron chi connectivity index (χ1n) is 9.19. The minimum absolute atomic E-state index is 0.249. The van der Waals surface area contributed by atoms with Crippen molar-refractivity contribution < 1.29 is 5.11 Å². The van der Waals surface area contributed by atoms with Crippen molar-refractivity contribution in [3.63, 3.8) is 0 Å². The molecule has 22 heavy (non-hydrogen) atoms. The molecule has 6 atom stereocenters. The van der Waals surface area contributed by atoms with Crippen molar-refractivity contribution in [3.05, 3.63) is 47.6 Å². The third-order valence-electron chi connectivity index (χ3n) is 6.74. The number of aliphatic hydroxyl groups excluding tert-OH is 1. The zero-order chi connectivity index (χ0) is 15.1. The summed E-state index contributed by atoms with van der Waals surface area (Å²) in [7, 11) is 0. The SMILES string of the molecule is CC=CC(O)C1CC2C3=CC=CC3=CCC2C2CCCCC12. The molecular formula is C21H28O. The molecule has 0 aliphatic heterocycles. The van der Waals surface area contributed by atoms with E-state index < -0.39 is 0 Å². The van der Waals surface area contributed by atoms with Crippen LogP contribution in [0.15, 0.2) is 47.6 Å². The molecule has 0 spiro atoms. The van der Waals surface area contributed by atoms with Gasteiger partial charge in [-0.2, -0.15) is 0 Å². The Hall–Kier alpha value is -1.08. The van der Waals surface area contributed by atoms with Gasteiger partial charge in [0.15, 0.2) is 0 Å². The molecule has 0 amide bonds. The molecule has 4 aliphatic rings. The summed E-state index contributed by atoms with van der Waals surface area (Å²) < 4.78 is 0. The number of fused-ring (bicyclic) bond motifs is 5. The Labute approximate surface area is 134 Å². The molecule has 6 unspecified atom stereocenters. The number of hydrogen-bond acceptors (Lipinski definition) is 1. The number of aliphatic hydroxyl groups is 1. The maximum absolute atomic E-state index is 10.7. The molecular weight excluding hydrogens is 268 g/mol. The van der Waals surface area contributed by atoms with Crippen LogP contribution in [0.5, 0.6) is 0 Å². The van der Waals surface area contributed by atoms with E-state index in [1.165, 1.54) is 44.1 Å². The highest BCUT2D eigenvalue weighted by atomic mass is 16.3. The summed E-state index contributed by atoms with van der Waals surface area (Å²) in [4.78, 5) is 0. The highest BCUT2D eigenvalue weighted by molar-refractivity contribution is 5.51. The van der Waals surface area contributed by atoms with E-state index >= 15 is 0 Å². The second-order valence-corrected chi connectivity index (χ2v) is 7.67. The average molecular weight is 296 g/mol. The maximum atomic E-state index is 10.7. The fourth-order valence-electron chi connectivity index (χ4n) is 5.86. The van der Waals surface area contributed by atoms with Crippen LogP contribution in [0.1, 0.15) is 45.4 Å². The van der Waals surface area contributed by atoms with Gasteiger partial charge in [-0.1, -0.05) is 49.3 Å². The normalized spacial score (nSPS) is 41.5. The first-order valence-corrected chi connectivity index (χ1v) is 9.19. The van der Waals surface area contributed by atoms with Crippen molar-refractivity contribution >= 4 is 0 Å². The van der Waals surface area contributed by atoms with Crippen LogP contribution in [-0.4, -0.2) is 11.2 Å². The molecule has 0 aromatic heterocycles. The van der Waals surface area contributed by atoms with Gasteiger partial charge in [0.25, 0.3) is 0 Å². The van der Waals surface area contributed by atoms with Crippen LogP contribution >= 0.6 is 0 Å². The second-order valence-electron chi connectivity index (χ2n) is 7.67. The summed E-state index contributed by atoms with van der Waals surface area (Å²) in [5.41, 5.74) is 3.03. The van der Waals surface area contributed by atoms with Crippen LogP contribution in [0.25, 0.3) is 0 Å². The zero-order valence-electron chi connectivity index (χ0n) is 13.6. The molecule has 1 heteroatoms. The van der Waals surface area contributed by atoms with Gasteiger partial charge in [-0.05, 0) is 73.3 Å². The second kappa shape index (κ2) is 5.85. The standard InChI is InChI=1S/C21H28O/c1-2-6-21(22)20-13-19-15-10-5-7-14(15)11-12-18(19)16-8-3-4-9-17(16)20/h2,5-7,10-11,16-22H,3-4,8-9,12-13H2,1H3. The summed E-state index contributed by atoms with van der Waals surface area (Å²) in [5, 5.41) is 10.7. The Morgan fingerprint density at radius 3 is 2.82 bits per heavy atom. The van der Waals surface area contributed by atoms with Gasteiger partial charge in [-0.3, -0.25) is 0 Å². The Bertz CT molecular complexity index is 550. The van der Waals surface area contributed by atoms with Gasteiger partial charge in [0.1, 0.15) is 0 Å². The van der Waals surface area contributed by atoms with E-state index in [0.29, 0.717) is 11.8 Å². The fraction of sp³-hybridized carbons (Fsp3) is 0.619. The van der Waals surface area contributed by atoms with Gasteiger partial charge < -0.3 is 5.11 Å². The lowest BCUT2D eigenvalue weighted by atomic mass is 9.53. The van der Waals surface area contributed by atoms with Crippen LogP contribution in [0, 0.1) is 29.6 Å². The molecule has 0 radical (unpaired) electrons. The largest absolute Gasteiger partial charge is 0.389 e. The lowest BCUT2D eigenvalue weighted by molar-refractivity contribution is -0.0272. The lowest BCUT2D eigenvalue weighted by Gasteiger charge is -2.52. The van der Waals surface area contributed by atoms with E-state index in [-0.39, 0.29) is 6.10 Å². The molecule has 4 aliphatic carbocycles. The first-order chi connectivity index (χ1) is 10.8. The van der Waals surface area contributed by atoms with E-state index in [0.717, 1.165) is 17.8 Å². The summed E-state index contributed by atoms with van der Waals surface area (Å²) >= 11 is 0. The van der Waals surface area contributed by atoms with Crippen molar-refractivity contribution in [3.8, 4) is 0 Å². The number of rotatable bonds is 2. The molecule has 2 saturated carbocycles.